The monoisotopic (exact) mass is 241 g/mol. The molecule has 1 N–H and O–H groups in total. The summed E-state index contributed by atoms with van der Waals surface area (Å²) in [6, 6.07) is 2.52. The van der Waals surface area contributed by atoms with Gasteiger partial charge in [-0.05, 0) is 26.5 Å². The number of hydrogen-bond acceptors (Lipinski definition) is 3. The Morgan fingerprint density at radius 1 is 1.50 bits per heavy atom. The van der Waals surface area contributed by atoms with Gasteiger partial charge in [-0.3, -0.25) is 4.68 Å². The average molecular weight is 241 g/mol. The van der Waals surface area contributed by atoms with Crippen LogP contribution in [0.2, 0.25) is 0 Å². The van der Waals surface area contributed by atoms with Gasteiger partial charge in [-0.25, -0.2) is 0 Å². The van der Waals surface area contributed by atoms with Crippen LogP contribution in [0, 0.1) is 0 Å². The first kappa shape index (κ1) is 13.6. The molecule has 1 aromatic heterocycles. The summed E-state index contributed by atoms with van der Waals surface area (Å²) >= 11 is 2.02. The Balaban J connectivity index is 2.60. The van der Waals surface area contributed by atoms with Gasteiger partial charge >= 0.3 is 0 Å². The molecule has 0 spiro atoms. The molecule has 0 fully saturated rings. The molecule has 1 aromatic rings. The summed E-state index contributed by atoms with van der Waals surface area (Å²) in [6.07, 6.45) is 3.12. The lowest BCUT2D eigenvalue weighted by molar-refractivity contribution is 0.549. The fourth-order valence-electron chi connectivity index (χ4n) is 1.60. The third-order valence-electron chi connectivity index (χ3n) is 2.88. The van der Waals surface area contributed by atoms with Gasteiger partial charge in [0, 0.05) is 23.7 Å². The molecular formula is C12H23N3S. The zero-order valence-electron chi connectivity index (χ0n) is 10.7. The van der Waals surface area contributed by atoms with Crippen LogP contribution in [0.15, 0.2) is 12.3 Å². The summed E-state index contributed by atoms with van der Waals surface area (Å²) in [4.78, 5) is 0. The molecule has 2 atom stereocenters. The minimum absolute atomic E-state index is 0.404. The molecule has 0 aliphatic carbocycles. The van der Waals surface area contributed by atoms with E-state index < -0.39 is 0 Å². The highest BCUT2D eigenvalue weighted by Gasteiger charge is 2.14. The van der Waals surface area contributed by atoms with Crippen LogP contribution in [0.3, 0.4) is 0 Å². The minimum atomic E-state index is 0.404. The van der Waals surface area contributed by atoms with E-state index in [0.717, 1.165) is 17.5 Å². The van der Waals surface area contributed by atoms with E-state index in [1.54, 1.807) is 0 Å². The van der Waals surface area contributed by atoms with E-state index in [1.165, 1.54) is 12.1 Å². The zero-order valence-corrected chi connectivity index (χ0v) is 11.5. The number of rotatable bonds is 7. The van der Waals surface area contributed by atoms with Crippen LogP contribution in [-0.2, 0) is 6.54 Å². The second-order valence-electron chi connectivity index (χ2n) is 3.97. The van der Waals surface area contributed by atoms with Crippen molar-refractivity contribution < 1.29 is 0 Å². The Kier molecular flexibility index (Phi) is 5.91. The normalized spacial score (nSPS) is 15.0. The highest BCUT2D eigenvalue weighted by molar-refractivity contribution is 7.99. The van der Waals surface area contributed by atoms with E-state index in [9.17, 15) is 0 Å². The largest absolute Gasteiger partial charge is 0.311 e. The lowest BCUT2D eigenvalue weighted by atomic mass is 10.2. The van der Waals surface area contributed by atoms with Crippen LogP contribution < -0.4 is 5.32 Å². The molecule has 0 bridgehead atoms. The van der Waals surface area contributed by atoms with E-state index in [0.29, 0.717) is 6.04 Å². The molecule has 2 unspecified atom stereocenters. The Hall–Kier alpha value is -0.480. The van der Waals surface area contributed by atoms with E-state index in [-0.39, 0.29) is 0 Å². The van der Waals surface area contributed by atoms with Crippen LogP contribution in [0.25, 0.3) is 0 Å². The first-order valence-corrected chi connectivity index (χ1v) is 7.08. The predicted octanol–water partition coefficient (Wildman–Crippen LogP) is 2.70. The Morgan fingerprint density at radius 2 is 2.25 bits per heavy atom. The van der Waals surface area contributed by atoms with Crippen molar-refractivity contribution in [3.63, 3.8) is 0 Å². The van der Waals surface area contributed by atoms with Crippen molar-refractivity contribution in [3.05, 3.63) is 18.0 Å². The lowest BCUT2D eigenvalue weighted by Gasteiger charge is -2.19. The number of thioether (sulfide) groups is 1. The summed E-state index contributed by atoms with van der Waals surface area (Å²) < 4.78 is 2.07. The number of aryl methyl sites for hydroxylation is 1. The summed E-state index contributed by atoms with van der Waals surface area (Å²) in [6.45, 7) is 7.59. The van der Waals surface area contributed by atoms with Gasteiger partial charge in [-0.15, -0.1) is 0 Å². The molecule has 1 heterocycles. The quantitative estimate of drug-likeness (QED) is 0.796. The van der Waals surface area contributed by atoms with Gasteiger partial charge in [-0.1, -0.05) is 13.8 Å². The van der Waals surface area contributed by atoms with Gasteiger partial charge < -0.3 is 5.32 Å². The fourth-order valence-corrected chi connectivity index (χ4v) is 2.69. The highest BCUT2D eigenvalue weighted by atomic mass is 32.2. The maximum absolute atomic E-state index is 4.32. The maximum Gasteiger partial charge on any atom is 0.0581 e. The molecule has 0 saturated heterocycles. The second kappa shape index (κ2) is 6.97. The van der Waals surface area contributed by atoms with E-state index in [4.69, 9.17) is 0 Å². The molecule has 1 rings (SSSR count). The van der Waals surface area contributed by atoms with E-state index >= 15 is 0 Å². The van der Waals surface area contributed by atoms with Gasteiger partial charge in [-0.2, -0.15) is 16.9 Å². The predicted molar refractivity (Wildman–Crippen MR) is 71.9 cm³/mol. The van der Waals surface area contributed by atoms with Crippen molar-refractivity contribution in [2.75, 3.05) is 12.8 Å². The van der Waals surface area contributed by atoms with Gasteiger partial charge in [0.1, 0.15) is 0 Å². The summed E-state index contributed by atoms with van der Waals surface area (Å²) in [5.74, 6) is 1.11. The summed E-state index contributed by atoms with van der Waals surface area (Å²) in [5, 5.41) is 8.43. The second-order valence-corrected chi connectivity index (χ2v) is 5.44. The molecule has 0 aliphatic rings. The van der Waals surface area contributed by atoms with E-state index in [2.05, 4.69) is 41.9 Å². The van der Waals surface area contributed by atoms with Gasteiger partial charge in [0.05, 0.1) is 11.7 Å². The van der Waals surface area contributed by atoms with Crippen molar-refractivity contribution in [1.82, 2.24) is 15.1 Å². The first-order valence-electron chi connectivity index (χ1n) is 6.03. The SMILES string of the molecule is CCC(C)SCC(NC)c1ccnn1CC. The van der Waals surface area contributed by atoms with Crippen LogP contribution in [-0.4, -0.2) is 27.8 Å². The third kappa shape index (κ3) is 3.52. The zero-order chi connectivity index (χ0) is 12.0. The van der Waals surface area contributed by atoms with Crippen LogP contribution in [0.4, 0.5) is 0 Å². The molecule has 92 valence electrons. The van der Waals surface area contributed by atoms with Crippen molar-refractivity contribution in [2.24, 2.45) is 0 Å². The van der Waals surface area contributed by atoms with Crippen molar-refractivity contribution in [1.29, 1.82) is 0 Å². The number of aromatic nitrogens is 2. The Morgan fingerprint density at radius 3 is 2.81 bits per heavy atom. The Labute approximate surface area is 103 Å². The van der Waals surface area contributed by atoms with Crippen molar-refractivity contribution >= 4 is 11.8 Å². The standard InChI is InChI=1S/C12H23N3S/c1-5-10(3)16-9-11(13-4)12-7-8-14-15(12)6-2/h7-8,10-11,13H,5-6,9H2,1-4H3. The van der Waals surface area contributed by atoms with Crippen molar-refractivity contribution in [3.8, 4) is 0 Å². The average Bonchev–Trinajstić information content (AvgIpc) is 2.77. The summed E-state index contributed by atoms with van der Waals surface area (Å²) in [5.41, 5.74) is 1.29. The highest BCUT2D eigenvalue weighted by Crippen LogP contribution is 2.22. The minimum Gasteiger partial charge on any atom is -0.311 e. The molecule has 0 radical (unpaired) electrons. The van der Waals surface area contributed by atoms with Crippen LogP contribution >= 0.6 is 11.8 Å². The number of nitrogens with zero attached hydrogens (tertiary/aromatic N) is 2. The van der Waals surface area contributed by atoms with Crippen LogP contribution in [0.5, 0.6) is 0 Å². The topological polar surface area (TPSA) is 29.9 Å². The molecule has 0 aliphatic heterocycles. The van der Waals surface area contributed by atoms with Crippen molar-refractivity contribution in [2.45, 2.75) is 45.0 Å². The van der Waals surface area contributed by atoms with Gasteiger partial charge in [0.15, 0.2) is 0 Å². The molecular weight excluding hydrogens is 218 g/mol. The van der Waals surface area contributed by atoms with Crippen LogP contribution in [0.1, 0.15) is 38.9 Å². The molecule has 0 saturated carbocycles. The summed E-state index contributed by atoms with van der Waals surface area (Å²) in [7, 11) is 2.02. The smallest absolute Gasteiger partial charge is 0.0581 e. The molecule has 3 nitrogen and oxygen atoms in total. The van der Waals surface area contributed by atoms with E-state index in [1.807, 2.05) is 25.0 Å². The number of nitrogens with one attached hydrogen (secondary N) is 1. The number of hydrogen-bond donors (Lipinski definition) is 1. The third-order valence-corrected chi connectivity index (χ3v) is 4.30. The molecule has 16 heavy (non-hydrogen) atoms. The lowest BCUT2D eigenvalue weighted by Crippen LogP contribution is -2.23. The Bertz CT molecular complexity index is 298. The molecule has 0 aromatic carbocycles. The van der Waals surface area contributed by atoms with Gasteiger partial charge in [0.2, 0.25) is 0 Å². The maximum atomic E-state index is 4.32. The molecule has 0 amide bonds. The van der Waals surface area contributed by atoms with Gasteiger partial charge in [0.25, 0.3) is 0 Å². The first-order chi connectivity index (χ1) is 7.72. The fraction of sp³-hybridized carbons (Fsp3) is 0.750. The molecule has 4 heteroatoms.